The number of fused-ring (bicyclic) bond motifs is 1. The van der Waals surface area contributed by atoms with E-state index in [1.165, 1.54) is 37.1 Å². The summed E-state index contributed by atoms with van der Waals surface area (Å²) in [5, 5.41) is 10.7. The van der Waals surface area contributed by atoms with Crippen LogP contribution in [-0.4, -0.2) is 28.2 Å². The van der Waals surface area contributed by atoms with E-state index in [9.17, 15) is 19.7 Å². The van der Waals surface area contributed by atoms with E-state index in [1.54, 1.807) is 23.7 Å². The van der Waals surface area contributed by atoms with Crippen LogP contribution in [0.4, 0.5) is 5.69 Å². The van der Waals surface area contributed by atoms with Crippen LogP contribution in [-0.2, 0) is 17.5 Å². The molecule has 0 spiro atoms. The van der Waals surface area contributed by atoms with E-state index in [-0.39, 0.29) is 23.0 Å². The minimum absolute atomic E-state index is 0.0262. The second kappa shape index (κ2) is 6.80. The number of allylic oxidation sites excluding steroid dienone is 2. The van der Waals surface area contributed by atoms with Gasteiger partial charge in [-0.05, 0) is 24.6 Å². The SMILES string of the molecule is COC1=CC(=O)c2c(c(CSc3ccc([N+](=O)[O-])cc3)c(C)n2C)C1=O. The average molecular weight is 372 g/mol. The Morgan fingerprint density at radius 3 is 2.46 bits per heavy atom. The van der Waals surface area contributed by atoms with Crippen LogP contribution in [0.2, 0.25) is 0 Å². The Balaban J connectivity index is 1.93. The Morgan fingerprint density at radius 2 is 1.88 bits per heavy atom. The van der Waals surface area contributed by atoms with Crippen LogP contribution in [0.15, 0.2) is 41.0 Å². The van der Waals surface area contributed by atoms with E-state index in [0.717, 1.165) is 16.2 Å². The molecular weight excluding hydrogens is 356 g/mol. The Morgan fingerprint density at radius 1 is 1.23 bits per heavy atom. The zero-order chi connectivity index (χ0) is 19.0. The topological polar surface area (TPSA) is 91.4 Å². The number of carbonyl (C=O) groups excluding carboxylic acids is 2. The molecule has 0 saturated carbocycles. The lowest BCUT2D eigenvalue weighted by Crippen LogP contribution is -2.19. The molecule has 8 heteroatoms. The van der Waals surface area contributed by atoms with Gasteiger partial charge in [0.1, 0.15) is 5.69 Å². The van der Waals surface area contributed by atoms with Crippen LogP contribution in [0.3, 0.4) is 0 Å². The summed E-state index contributed by atoms with van der Waals surface area (Å²) < 4.78 is 6.77. The molecule has 1 aromatic carbocycles. The van der Waals surface area contributed by atoms with Crippen LogP contribution in [0.5, 0.6) is 0 Å². The number of ether oxygens (including phenoxy) is 1. The molecule has 1 aromatic heterocycles. The fourth-order valence-electron chi connectivity index (χ4n) is 2.92. The summed E-state index contributed by atoms with van der Waals surface area (Å²) in [6.45, 7) is 1.86. The molecule has 0 unspecified atom stereocenters. The zero-order valence-electron chi connectivity index (χ0n) is 14.4. The first-order chi connectivity index (χ1) is 12.3. The smallest absolute Gasteiger partial charge is 0.269 e. The van der Waals surface area contributed by atoms with E-state index in [4.69, 9.17) is 4.74 Å². The Bertz CT molecular complexity index is 957. The van der Waals surface area contributed by atoms with Gasteiger partial charge in [0.15, 0.2) is 5.76 Å². The largest absolute Gasteiger partial charge is 0.492 e. The van der Waals surface area contributed by atoms with E-state index >= 15 is 0 Å². The Labute approximate surface area is 153 Å². The van der Waals surface area contributed by atoms with Gasteiger partial charge in [-0.3, -0.25) is 19.7 Å². The minimum atomic E-state index is -0.449. The summed E-state index contributed by atoms with van der Waals surface area (Å²) in [5.74, 6) is -0.0588. The number of aromatic nitrogens is 1. The number of nitrogens with zero attached hydrogens (tertiary/aromatic N) is 2. The molecule has 0 radical (unpaired) electrons. The van der Waals surface area contributed by atoms with Gasteiger partial charge in [0.25, 0.3) is 5.69 Å². The molecule has 0 amide bonds. The number of methoxy groups -OCH3 is 1. The van der Waals surface area contributed by atoms with Crippen LogP contribution >= 0.6 is 11.8 Å². The number of rotatable bonds is 5. The van der Waals surface area contributed by atoms with Crippen molar-refractivity contribution in [3.8, 4) is 0 Å². The van der Waals surface area contributed by atoms with Crippen molar-refractivity contribution in [3.05, 3.63) is 68.7 Å². The van der Waals surface area contributed by atoms with Crippen molar-refractivity contribution in [3.63, 3.8) is 0 Å². The number of Topliss-reactive ketones (excluding diaryl/α,β-unsaturated/α-hetero) is 1. The maximum atomic E-state index is 12.7. The van der Waals surface area contributed by atoms with E-state index in [0.29, 0.717) is 17.0 Å². The number of carbonyl (C=O) groups is 2. The number of hydrogen-bond acceptors (Lipinski definition) is 6. The summed E-state index contributed by atoms with van der Waals surface area (Å²) in [5.41, 5.74) is 2.37. The van der Waals surface area contributed by atoms with Crippen molar-refractivity contribution in [2.24, 2.45) is 7.05 Å². The maximum absolute atomic E-state index is 12.7. The molecule has 0 saturated heterocycles. The second-order valence-corrected chi connectivity index (χ2v) is 6.84. The summed E-state index contributed by atoms with van der Waals surface area (Å²) in [4.78, 5) is 36.2. The molecule has 7 nitrogen and oxygen atoms in total. The first kappa shape index (κ1) is 17.9. The van der Waals surface area contributed by atoms with Crippen LogP contribution in [0.25, 0.3) is 0 Å². The molecule has 2 aromatic rings. The number of nitro benzene ring substituents is 1. The van der Waals surface area contributed by atoms with Crippen molar-refractivity contribution in [1.82, 2.24) is 4.57 Å². The van der Waals surface area contributed by atoms with Gasteiger partial charge in [0.05, 0.1) is 17.6 Å². The average Bonchev–Trinajstić information content (AvgIpc) is 2.88. The third kappa shape index (κ3) is 2.92. The molecule has 0 bridgehead atoms. The molecule has 134 valence electrons. The third-order valence-corrected chi connectivity index (χ3v) is 5.45. The van der Waals surface area contributed by atoms with Gasteiger partial charge in [0, 0.05) is 41.6 Å². The number of ketones is 2. The molecular formula is C18H16N2O5S. The first-order valence-electron chi connectivity index (χ1n) is 7.75. The van der Waals surface area contributed by atoms with Crippen LogP contribution < -0.4 is 0 Å². The molecule has 0 atom stereocenters. The minimum Gasteiger partial charge on any atom is -0.492 e. The lowest BCUT2D eigenvalue weighted by Gasteiger charge is -2.13. The molecule has 0 aliphatic heterocycles. The van der Waals surface area contributed by atoms with Crippen molar-refractivity contribution >= 4 is 29.0 Å². The quantitative estimate of drug-likeness (QED) is 0.453. The van der Waals surface area contributed by atoms with Gasteiger partial charge < -0.3 is 9.30 Å². The number of non-ortho nitro benzene ring substituents is 1. The highest BCUT2D eigenvalue weighted by Crippen LogP contribution is 2.34. The van der Waals surface area contributed by atoms with E-state index < -0.39 is 4.92 Å². The highest BCUT2D eigenvalue weighted by Gasteiger charge is 2.33. The van der Waals surface area contributed by atoms with E-state index in [2.05, 4.69) is 0 Å². The number of thioether (sulfide) groups is 1. The number of benzene rings is 1. The van der Waals surface area contributed by atoms with Crippen LogP contribution in [0, 0.1) is 17.0 Å². The Hall–Kier alpha value is -2.87. The predicted octanol–water partition coefficient (Wildman–Crippen LogP) is 3.44. The molecule has 26 heavy (non-hydrogen) atoms. The molecule has 3 rings (SSSR count). The summed E-state index contributed by atoms with van der Waals surface area (Å²) >= 11 is 1.45. The summed E-state index contributed by atoms with van der Waals surface area (Å²) in [6, 6.07) is 6.22. The molecule has 0 fully saturated rings. The number of nitro groups is 1. The predicted molar refractivity (Wildman–Crippen MR) is 96.6 cm³/mol. The highest BCUT2D eigenvalue weighted by atomic mass is 32.2. The van der Waals surface area contributed by atoms with Gasteiger partial charge in [0.2, 0.25) is 11.6 Å². The standard InChI is InChI=1S/C18H16N2O5S/c1-10-13(9-26-12-6-4-11(5-7-12)20(23)24)16-17(19(10)2)14(21)8-15(25-3)18(16)22/h4-8H,9H2,1-3H3. The van der Waals surface area contributed by atoms with Crippen molar-refractivity contribution in [2.45, 2.75) is 17.6 Å². The van der Waals surface area contributed by atoms with Crippen molar-refractivity contribution in [2.75, 3.05) is 7.11 Å². The normalized spacial score (nSPS) is 13.4. The lowest BCUT2D eigenvalue weighted by atomic mass is 9.97. The molecule has 1 aliphatic rings. The van der Waals surface area contributed by atoms with Crippen LogP contribution in [0.1, 0.15) is 32.1 Å². The molecule has 0 N–H and O–H groups in total. The van der Waals surface area contributed by atoms with Crippen molar-refractivity contribution < 1.29 is 19.2 Å². The number of hydrogen-bond donors (Lipinski definition) is 0. The molecule has 1 aliphatic carbocycles. The maximum Gasteiger partial charge on any atom is 0.269 e. The third-order valence-electron chi connectivity index (χ3n) is 4.41. The molecule has 1 heterocycles. The van der Waals surface area contributed by atoms with E-state index in [1.807, 2.05) is 6.92 Å². The summed E-state index contributed by atoms with van der Waals surface area (Å²) in [7, 11) is 3.12. The van der Waals surface area contributed by atoms with Gasteiger partial charge in [-0.2, -0.15) is 0 Å². The van der Waals surface area contributed by atoms with Gasteiger partial charge in [-0.25, -0.2) is 0 Å². The van der Waals surface area contributed by atoms with Gasteiger partial charge >= 0.3 is 0 Å². The zero-order valence-corrected chi connectivity index (χ0v) is 15.3. The second-order valence-electron chi connectivity index (χ2n) is 5.79. The van der Waals surface area contributed by atoms with Gasteiger partial charge in [-0.1, -0.05) is 0 Å². The first-order valence-corrected chi connectivity index (χ1v) is 8.73. The van der Waals surface area contributed by atoms with Crippen molar-refractivity contribution in [1.29, 1.82) is 0 Å². The fraction of sp³-hybridized carbons (Fsp3) is 0.222. The van der Waals surface area contributed by atoms with Gasteiger partial charge in [-0.15, -0.1) is 11.8 Å². The fourth-order valence-corrected chi connectivity index (χ4v) is 3.91. The monoisotopic (exact) mass is 372 g/mol. The highest BCUT2D eigenvalue weighted by molar-refractivity contribution is 7.98. The summed E-state index contributed by atoms with van der Waals surface area (Å²) in [6.07, 6.45) is 1.22. The Kier molecular flexibility index (Phi) is 4.69. The lowest BCUT2D eigenvalue weighted by molar-refractivity contribution is -0.384.